The Hall–Kier alpha value is -3.97. The number of carbonyl (C=O) groups excluding carboxylic acids is 3. The van der Waals surface area contributed by atoms with E-state index in [9.17, 15) is 14.4 Å². The maximum Gasteiger partial charge on any atom is 0.259 e. The molecule has 8 heteroatoms. The van der Waals surface area contributed by atoms with Crippen molar-refractivity contribution in [1.29, 1.82) is 0 Å². The Labute approximate surface area is 189 Å². The van der Waals surface area contributed by atoms with Gasteiger partial charge in [-0.2, -0.15) is 0 Å². The molecule has 0 fully saturated rings. The molecule has 1 aromatic heterocycles. The number of ether oxygens (including phenoxy) is 1. The first-order chi connectivity index (χ1) is 15.4. The Bertz CT molecular complexity index is 1270. The van der Waals surface area contributed by atoms with Crippen LogP contribution in [0, 0.1) is 0 Å². The van der Waals surface area contributed by atoms with Crippen LogP contribution in [0.15, 0.2) is 66.4 Å². The summed E-state index contributed by atoms with van der Waals surface area (Å²) in [5.74, 6) is -0.872. The number of Topliss-reactive ketones (excluding diaryl/α,β-unsaturated/α-hetero) is 1. The Balaban J connectivity index is 1.56. The van der Waals surface area contributed by atoms with E-state index in [4.69, 9.17) is 16.3 Å². The van der Waals surface area contributed by atoms with Gasteiger partial charge in [0.05, 0.1) is 18.4 Å². The third kappa shape index (κ3) is 4.53. The van der Waals surface area contributed by atoms with Crippen LogP contribution in [0.1, 0.15) is 31.8 Å². The first kappa shape index (κ1) is 21.3. The van der Waals surface area contributed by atoms with Gasteiger partial charge >= 0.3 is 0 Å². The predicted octanol–water partition coefficient (Wildman–Crippen LogP) is 3.89. The lowest BCUT2D eigenvalue weighted by Crippen LogP contribution is -2.28. The zero-order valence-corrected chi connectivity index (χ0v) is 17.8. The smallest absolute Gasteiger partial charge is 0.259 e. The molecule has 0 radical (unpaired) electrons. The largest absolute Gasteiger partial charge is 0.481 e. The average Bonchev–Trinajstić information content (AvgIpc) is 2.80. The molecule has 0 saturated carbocycles. The normalized spacial score (nSPS) is 14.0. The minimum Gasteiger partial charge on any atom is -0.481 e. The molecule has 0 spiro atoms. The standard InChI is InChI=1S/C24H18ClN3O4/c1-32-21-11-15(7-8-26-21)13-27-23(30)16-5-6-20-18(12-16)22(29)19(24(31)28-20)10-14-3-2-4-17(25)9-14/h2-12H,13H2,1H3,(H,27,30)(H,28,31). The second-order valence-corrected chi connectivity index (χ2v) is 7.48. The quantitative estimate of drug-likeness (QED) is 0.456. The molecule has 2 N–H and O–H groups in total. The number of benzene rings is 2. The molecule has 0 atom stereocenters. The molecule has 4 rings (SSSR count). The van der Waals surface area contributed by atoms with Crippen molar-refractivity contribution in [3.05, 3.63) is 93.6 Å². The van der Waals surface area contributed by atoms with E-state index < -0.39 is 11.7 Å². The molecule has 0 saturated heterocycles. The number of pyridine rings is 1. The van der Waals surface area contributed by atoms with E-state index in [1.165, 1.54) is 19.3 Å². The van der Waals surface area contributed by atoms with Gasteiger partial charge in [-0.3, -0.25) is 14.4 Å². The Morgan fingerprint density at radius 2 is 2.00 bits per heavy atom. The molecule has 160 valence electrons. The van der Waals surface area contributed by atoms with Crippen LogP contribution in [0.4, 0.5) is 5.69 Å². The van der Waals surface area contributed by atoms with Crippen LogP contribution < -0.4 is 15.4 Å². The minimum absolute atomic E-state index is 0.0267. The van der Waals surface area contributed by atoms with Crippen LogP contribution in [0.3, 0.4) is 0 Å². The van der Waals surface area contributed by atoms with E-state index in [1.807, 2.05) is 0 Å². The fourth-order valence-electron chi connectivity index (χ4n) is 3.27. The third-order valence-electron chi connectivity index (χ3n) is 4.88. The molecule has 0 aliphatic carbocycles. The van der Waals surface area contributed by atoms with Crippen molar-refractivity contribution in [2.24, 2.45) is 0 Å². The number of fused-ring (bicyclic) bond motifs is 1. The highest BCUT2D eigenvalue weighted by molar-refractivity contribution is 6.36. The maximum absolute atomic E-state index is 13.0. The zero-order valence-electron chi connectivity index (χ0n) is 17.0. The molecule has 0 bridgehead atoms. The van der Waals surface area contributed by atoms with Gasteiger partial charge in [-0.15, -0.1) is 0 Å². The van der Waals surface area contributed by atoms with E-state index in [0.29, 0.717) is 27.7 Å². The molecular formula is C24H18ClN3O4. The SMILES string of the molecule is COc1cc(CNC(=O)c2ccc3c(c2)C(=O)C(=Cc2cccc(Cl)c2)C(=O)N3)ccn1. The summed E-state index contributed by atoms with van der Waals surface area (Å²) in [5, 5.41) is 6.00. The van der Waals surface area contributed by atoms with Crippen molar-refractivity contribution < 1.29 is 19.1 Å². The van der Waals surface area contributed by atoms with E-state index in [2.05, 4.69) is 15.6 Å². The number of hydrogen-bond acceptors (Lipinski definition) is 5. The van der Waals surface area contributed by atoms with Crippen molar-refractivity contribution >= 4 is 41.0 Å². The summed E-state index contributed by atoms with van der Waals surface area (Å²) in [6, 6.07) is 14.9. The number of hydrogen-bond donors (Lipinski definition) is 2. The summed E-state index contributed by atoms with van der Waals surface area (Å²) in [4.78, 5) is 42.2. The van der Waals surface area contributed by atoms with Crippen molar-refractivity contribution in [2.75, 3.05) is 12.4 Å². The highest BCUT2D eigenvalue weighted by atomic mass is 35.5. The molecule has 2 aromatic carbocycles. The lowest BCUT2D eigenvalue weighted by molar-refractivity contribution is -0.112. The van der Waals surface area contributed by atoms with Crippen LogP contribution in [-0.2, 0) is 11.3 Å². The molecule has 0 unspecified atom stereocenters. The molecule has 2 amide bonds. The van der Waals surface area contributed by atoms with Crippen LogP contribution in [0.2, 0.25) is 5.02 Å². The lowest BCUT2D eigenvalue weighted by Gasteiger charge is -2.19. The van der Waals surface area contributed by atoms with Gasteiger partial charge in [-0.05, 0) is 53.6 Å². The van der Waals surface area contributed by atoms with Gasteiger partial charge in [0.15, 0.2) is 0 Å². The number of aromatic nitrogens is 1. The second kappa shape index (κ2) is 9.03. The molecule has 1 aliphatic rings. The number of nitrogens with zero attached hydrogens (tertiary/aromatic N) is 1. The summed E-state index contributed by atoms with van der Waals surface area (Å²) >= 11 is 5.99. The van der Waals surface area contributed by atoms with Gasteiger partial charge in [0.2, 0.25) is 11.7 Å². The van der Waals surface area contributed by atoms with Gasteiger partial charge in [0, 0.05) is 35.0 Å². The van der Waals surface area contributed by atoms with E-state index in [-0.39, 0.29) is 23.6 Å². The van der Waals surface area contributed by atoms with Crippen molar-refractivity contribution in [3.8, 4) is 5.88 Å². The van der Waals surface area contributed by atoms with E-state index in [0.717, 1.165) is 5.56 Å². The summed E-state index contributed by atoms with van der Waals surface area (Å²) in [6.45, 7) is 0.263. The Morgan fingerprint density at radius 3 is 2.78 bits per heavy atom. The van der Waals surface area contributed by atoms with Crippen LogP contribution in [-0.4, -0.2) is 29.7 Å². The molecule has 7 nitrogen and oxygen atoms in total. The van der Waals surface area contributed by atoms with Gasteiger partial charge in [-0.25, -0.2) is 4.98 Å². The summed E-state index contributed by atoms with van der Waals surface area (Å²) in [7, 11) is 1.52. The molecule has 32 heavy (non-hydrogen) atoms. The van der Waals surface area contributed by atoms with Gasteiger partial charge in [0.25, 0.3) is 11.8 Å². The number of ketones is 1. The number of halogens is 1. The molecule has 2 heterocycles. The number of anilines is 1. The Kier molecular flexibility index (Phi) is 6.00. The number of carbonyl (C=O) groups is 3. The highest BCUT2D eigenvalue weighted by Crippen LogP contribution is 2.28. The first-order valence-electron chi connectivity index (χ1n) is 9.69. The third-order valence-corrected chi connectivity index (χ3v) is 5.12. The minimum atomic E-state index is -0.508. The number of nitrogens with one attached hydrogen (secondary N) is 2. The van der Waals surface area contributed by atoms with Crippen LogP contribution >= 0.6 is 11.6 Å². The number of methoxy groups -OCH3 is 1. The summed E-state index contributed by atoms with van der Waals surface area (Å²) in [5.41, 5.74) is 2.33. The maximum atomic E-state index is 13.0. The fraction of sp³-hybridized carbons (Fsp3) is 0.0833. The number of rotatable bonds is 5. The van der Waals surface area contributed by atoms with E-state index >= 15 is 0 Å². The van der Waals surface area contributed by atoms with E-state index in [1.54, 1.807) is 54.7 Å². The van der Waals surface area contributed by atoms with Crippen molar-refractivity contribution in [3.63, 3.8) is 0 Å². The highest BCUT2D eigenvalue weighted by Gasteiger charge is 2.29. The monoisotopic (exact) mass is 447 g/mol. The summed E-state index contributed by atoms with van der Waals surface area (Å²) in [6.07, 6.45) is 3.07. The van der Waals surface area contributed by atoms with Crippen LogP contribution in [0.25, 0.3) is 6.08 Å². The second-order valence-electron chi connectivity index (χ2n) is 7.05. The van der Waals surface area contributed by atoms with Crippen molar-refractivity contribution in [2.45, 2.75) is 6.54 Å². The fourth-order valence-corrected chi connectivity index (χ4v) is 3.47. The predicted molar refractivity (Wildman–Crippen MR) is 121 cm³/mol. The number of amides is 2. The molecular weight excluding hydrogens is 430 g/mol. The zero-order chi connectivity index (χ0) is 22.7. The van der Waals surface area contributed by atoms with Gasteiger partial charge < -0.3 is 15.4 Å². The van der Waals surface area contributed by atoms with Gasteiger partial charge in [-0.1, -0.05) is 23.7 Å². The molecule has 3 aromatic rings. The lowest BCUT2D eigenvalue weighted by atomic mass is 9.93. The molecule has 1 aliphatic heterocycles. The topological polar surface area (TPSA) is 97.4 Å². The van der Waals surface area contributed by atoms with Crippen LogP contribution in [0.5, 0.6) is 5.88 Å². The average molecular weight is 448 g/mol. The van der Waals surface area contributed by atoms with Gasteiger partial charge in [0.1, 0.15) is 0 Å². The first-order valence-corrected chi connectivity index (χ1v) is 10.1. The Morgan fingerprint density at radius 1 is 1.16 bits per heavy atom. The van der Waals surface area contributed by atoms with Crippen molar-refractivity contribution in [1.82, 2.24) is 10.3 Å². The summed E-state index contributed by atoms with van der Waals surface area (Å²) < 4.78 is 5.08.